The first-order valence-electron chi connectivity index (χ1n) is 5.41. The smallest absolute Gasteiger partial charge is 0.324 e. The van der Waals surface area contributed by atoms with Crippen molar-refractivity contribution in [2.45, 2.75) is 11.8 Å². The van der Waals surface area contributed by atoms with Gasteiger partial charge in [0.1, 0.15) is 5.38 Å². The van der Waals surface area contributed by atoms with Crippen LogP contribution in [0.3, 0.4) is 0 Å². The van der Waals surface area contributed by atoms with Crippen molar-refractivity contribution in [3.8, 4) is 0 Å². The van der Waals surface area contributed by atoms with Crippen molar-refractivity contribution in [2.24, 2.45) is 0 Å². The van der Waals surface area contributed by atoms with Gasteiger partial charge in [-0.3, -0.25) is 4.79 Å². The van der Waals surface area contributed by atoms with Gasteiger partial charge >= 0.3 is 5.97 Å². The fraction of sp³-hybridized carbons (Fsp3) is 0.214. The number of ether oxygens (including phenoxy) is 1. The Bertz CT molecular complexity index is 531. The Morgan fingerprint density at radius 2 is 1.94 bits per heavy atom. The van der Waals surface area contributed by atoms with Crippen molar-refractivity contribution in [1.82, 2.24) is 0 Å². The molecule has 2 aromatic carbocycles. The molecule has 2 rings (SSSR count). The number of hydrogen-bond donors (Lipinski definition) is 0. The molecule has 0 radical (unpaired) electrons. The van der Waals surface area contributed by atoms with Crippen LogP contribution in [0.25, 0.3) is 10.8 Å². The van der Waals surface area contributed by atoms with E-state index in [1.165, 1.54) is 7.11 Å². The predicted octanol–water partition coefficient (Wildman–Crippen LogP) is 3.16. The van der Waals surface area contributed by atoms with Crippen LogP contribution < -0.4 is 0 Å². The van der Waals surface area contributed by atoms with Gasteiger partial charge in [-0.2, -0.15) is 0 Å². The van der Waals surface area contributed by atoms with Crippen LogP contribution in [0, 0.1) is 0 Å². The third-order valence-electron chi connectivity index (χ3n) is 2.74. The molecule has 17 heavy (non-hydrogen) atoms. The van der Waals surface area contributed by atoms with E-state index in [2.05, 4.69) is 4.74 Å². The lowest BCUT2D eigenvalue weighted by Crippen LogP contribution is -2.18. The van der Waals surface area contributed by atoms with Gasteiger partial charge in [0.25, 0.3) is 0 Å². The highest BCUT2D eigenvalue weighted by Crippen LogP contribution is 2.21. The van der Waals surface area contributed by atoms with Crippen LogP contribution in [0.2, 0.25) is 0 Å². The number of esters is 1. The topological polar surface area (TPSA) is 26.3 Å². The first kappa shape index (κ1) is 11.9. The molecule has 1 unspecified atom stereocenters. The van der Waals surface area contributed by atoms with E-state index in [1.54, 1.807) is 0 Å². The zero-order valence-electron chi connectivity index (χ0n) is 9.52. The number of halogens is 1. The summed E-state index contributed by atoms with van der Waals surface area (Å²) in [5.41, 5.74) is 1.06. The van der Waals surface area contributed by atoms with Crippen molar-refractivity contribution in [1.29, 1.82) is 0 Å². The van der Waals surface area contributed by atoms with Crippen molar-refractivity contribution in [3.63, 3.8) is 0 Å². The summed E-state index contributed by atoms with van der Waals surface area (Å²) < 4.78 is 4.63. The van der Waals surface area contributed by atoms with Crippen LogP contribution >= 0.6 is 11.6 Å². The molecule has 0 amide bonds. The maximum Gasteiger partial charge on any atom is 0.324 e. The van der Waals surface area contributed by atoms with E-state index in [0.717, 1.165) is 16.3 Å². The van der Waals surface area contributed by atoms with E-state index in [1.807, 2.05) is 42.5 Å². The molecule has 0 aromatic heterocycles. The summed E-state index contributed by atoms with van der Waals surface area (Å²) >= 11 is 5.99. The third kappa shape index (κ3) is 2.59. The van der Waals surface area contributed by atoms with Crippen molar-refractivity contribution < 1.29 is 9.53 Å². The fourth-order valence-corrected chi connectivity index (χ4v) is 2.13. The Morgan fingerprint density at radius 1 is 1.24 bits per heavy atom. The first-order chi connectivity index (χ1) is 8.22. The van der Waals surface area contributed by atoms with Crippen molar-refractivity contribution in [3.05, 3.63) is 48.0 Å². The minimum Gasteiger partial charge on any atom is -0.468 e. The lowest BCUT2D eigenvalue weighted by molar-refractivity contribution is -0.140. The summed E-state index contributed by atoms with van der Waals surface area (Å²) in [6.07, 6.45) is 0.482. The molecular formula is C14H13ClO2. The second kappa shape index (κ2) is 5.19. The van der Waals surface area contributed by atoms with Gasteiger partial charge in [-0.15, -0.1) is 11.6 Å². The van der Waals surface area contributed by atoms with Gasteiger partial charge < -0.3 is 4.74 Å². The lowest BCUT2D eigenvalue weighted by atomic mass is 10.0. The number of carbonyl (C=O) groups excluding carboxylic acids is 1. The summed E-state index contributed by atoms with van der Waals surface area (Å²) in [5, 5.41) is 1.65. The highest BCUT2D eigenvalue weighted by Gasteiger charge is 2.17. The summed E-state index contributed by atoms with van der Waals surface area (Å²) in [5.74, 6) is -0.389. The second-order valence-electron chi connectivity index (χ2n) is 3.83. The Kier molecular flexibility index (Phi) is 3.64. The molecule has 0 spiro atoms. The molecule has 0 aliphatic rings. The number of fused-ring (bicyclic) bond motifs is 1. The average Bonchev–Trinajstić information content (AvgIpc) is 2.38. The number of hydrogen-bond acceptors (Lipinski definition) is 2. The Hall–Kier alpha value is -1.54. The molecule has 0 saturated carbocycles. The minimum atomic E-state index is -0.634. The minimum absolute atomic E-state index is 0.389. The lowest BCUT2D eigenvalue weighted by Gasteiger charge is -2.09. The Balaban J connectivity index is 2.33. The number of methoxy groups -OCH3 is 1. The summed E-state index contributed by atoms with van der Waals surface area (Å²) in [6.45, 7) is 0. The fourth-order valence-electron chi connectivity index (χ4n) is 1.87. The van der Waals surface area contributed by atoms with Gasteiger partial charge in [0.15, 0.2) is 0 Å². The monoisotopic (exact) mass is 248 g/mol. The van der Waals surface area contributed by atoms with Crippen LogP contribution in [-0.4, -0.2) is 18.5 Å². The van der Waals surface area contributed by atoms with Crippen LogP contribution in [0.5, 0.6) is 0 Å². The number of alkyl halides is 1. The molecule has 0 bridgehead atoms. The van der Waals surface area contributed by atoms with E-state index in [4.69, 9.17) is 11.6 Å². The maximum absolute atomic E-state index is 11.3. The molecule has 0 aliphatic carbocycles. The quantitative estimate of drug-likeness (QED) is 0.616. The largest absolute Gasteiger partial charge is 0.468 e. The highest BCUT2D eigenvalue weighted by molar-refractivity contribution is 6.30. The molecule has 88 valence electrons. The second-order valence-corrected chi connectivity index (χ2v) is 4.36. The van der Waals surface area contributed by atoms with Gasteiger partial charge in [0.2, 0.25) is 0 Å². The van der Waals surface area contributed by atoms with Crippen LogP contribution in [0.15, 0.2) is 42.5 Å². The molecule has 0 heterocycles. The van der Waals surface area contributed by atoms with Crippen LogP contribution in [0.4, 0.5) is 0 Å². The molecule has 0 N–H and O–H groups in total. The summed E-state index contributed by atoms with van der Waals surface area (Å²) in [4.78, 5) is 11.3. The van der Waals surface area contributed by atoms with Crippen molar-refractivity contribution >= 4 is 28.3 Å². The van der Waals surface area contributed by atoms with Gasteiger partial charge in [-0.05, 0) is 16.3 Å². The highest BCUT2D eigenvalue weighted by atomic mass is 35.5. The average molecular weight is 249 g/mol. The predicted molar refractivity (Wildman–Crippen MR) is 69.3 cm³/mol. The Labute approximate surface area is 105 Å². The summed E-state index contributed by atoms with van der Waals surface area (Å²) in [7, 11) is 1.35. The molecule has 0 fully saturated rings. The number of carbonyl (C=O) groups is 1. The molecule has 3 heteroatoms. The molecule has 0 aliphatic heterocycles. The normalized spacial score (nSPS) is 12.4. The SMILES string of the molecule is COC(=O)C(Cl)Cc1cccc2ccccc12. The van der Waals surface area contributed by atoms with Gasteiger partial charge in [0.05, 0.1) is 7.11 Å². The summed E-state index contributed by atoms with van der Waals surface area (Å²) in [6, 6.07) is 14.0. The van der Waals surface area contributed by atoms with Crippen molar-refractivity contribution in [2.75, 3.05) is 7.11 Å². The van der Waals surface area contributed by atoms with Crippen LogP contribution in [-0.2, 0) is 16.0 Å². The van der Waals surface area contributed by atoms with Gasteiger partial charge in [-0.1, -0.05) is 42.5 Å². The first-order valence-corrected chi connectivity index (χ1v) is 5.84. The van der Waals surface area contributed by atoms with E-state index in [-0.39, 0.29) is 5.97 Å². The van der Waals surface area contributed by atoms with E-state index >= 15 is 0 Å². The van der Waals surface area contributed by atoms with E-state index in [9.17, 15) is 4.79 Å². The van der Waals surface area contributed by atoms with Gasteiger partial charge in [-0.25, -0.2) is 0 Å². The van der Waals surface area contributed by atoms with E-state index in [0.29, 0.717) is 6.42 Å². The molecule has 1 atom stereocenters. The van der Waals surface area contributed by atoms with Gasteiger partial charge in [0, 0.05) is 6.42 Å². The molecule has 2 nitrogen and oxygen atoms in total. The third-order valence-corrected chi connectivity index (χ3v) is 3.07. The number of rotatable bonds is 3. The zero-order valence-corrected chi connectivity index (χ0v) is 10.3. The van der Waals surface area contributed by atoms with E-state index < -0.39 is 5.38 Å². The zero-order chi connectivity index (χ0) is 12.3. The number of benzene rings is 2. The standard InChI is InChI=1S/C14H13ClO2/c1-17-14(16)13(15)9-11-7-4-6-10-5-2-3-8-12(10)11/h2-8,13H,9H2,1H3. The molecule has 2 aromatic rings. The molecular weight excluding hydrogens is 236 g/mol. The molecule has 0 saturated heterocycles. The Morgan fingerprint density at radius 3 is 2.71 bits per heavy atom. The maximum atomic E-state index is 11.3. The van der Waals surface area contributed by atoms with Crippen LogP contribution in [0.1, 0.15) is 5.56 Å².